The van der Waals surface area contributed by atoms with E-state index < -0.39 is 11.8 Å². The van der Waals surface area contributed by atoms with Crippen molar-refractivity contribution in [3.05, 3.63) is 391 Å². The summed E-state index contributed by atoms with van der Waals surface area (Å²) >= 11 is 99.5. The van der Waals surface area contributed by atoms with Crippen molar-refractivity contribution in [1.82, 2.24) is 24.5 Å². The Balaban J connectivity index is 0.000000136. The molecule has 12 aromatic carbocycles. The molecule has 5 fully saturated rings. The molecule has 4 saturated heterocycles. The lowest BCUT2D eigenvalue weighted by Crippen LogP contribution is -2.53. The number of nitrogens with zero attached hydrogens (tertiary/aromatic N) is 9. The Morgan fingerprint density at radius 2 is 0.597 bits per heavy atom. The van der Waals surface area contributed by atoms with E-state index in [1.54, 1.807) is 102 Å². The average molecular weight is 2110 g/mol. The zero-order valence-corrected chi connectivity index (χ0v) is 83.9. The quantitative estimate of drug-likeness (QED) is 0.0862. The molecule has 0 aromatic heterocycles. The number of amides is 6. The van der Waals surface area contributed by atoms with Gasteiger partial charge >= 0.3 is 0 Å². The number of hydrogen-bond acceptors (Lipinski definition) is 10. The van der Waals surface area contributed by atoms with Crippen molar-refractivity contribution in [2.75, 3.05) is 105 Å². The molecule has 6 amide bonds. The van der Waals surface area contributed by atoms with Gasteiger partial charge in [-0.05, 0) is 228 Å². The van der Waals surface area contributed by atoms with Crippen LogP contribution in [0, 0.1) is 0 Å². The van der Waals surface area contributed by atoms with E-state index in [1.165, 1.54) is 37.7 Å². The maximum atomic E-state index is 13.5. The first-order valence-corrected chi connectivity index (χ1v) is 49.4. The summed E-state index contributed by atoms with van der Waals surface area (Å²) in [6.45, 7) is 6.20. The third-order valence-corrected chi connectivity index (χ3v) is 29.3. The fraction of sp³-hybridized carbons (Fsp3) is 0.243. The highest BCUT2D eigenvalue weighted by molar-refractivity contribution is 6.42. The molecule has 15 nitrogen and oxygen atoms in total. The summed E-state index contributed by atoms with van der Waals surface area (Å²) in [6, 6.07) is 77.4. The molecular formula is C103H87Cl16N9O6. The first-order chi connectivity index (χ1) is 64.4. The Labute approximate surface area is 859 Å². The number of piperazine rings is 4. The number of anilines is 4. The predicted octanol–water partition coefficient (Wildman–Crippen LogP) is 28.9. The minimum atomic E-state index is -0.445. The Morgan fingerprint density at radius 1 is 0.276 bits per heavy atom. The monoisotopic (exact) mass is 2110 g/mol. The van der Waals surface area contributed by atoms with E-state index in [1.807, 2.05) is 160 Å². The van der Waals surface area contributed by atoms with Gasteiger partial charge in [-0.3, -0.25) is 33.7 Å². The second kappa shape index (κ2) is 45.9. The smallest absolute Gasteiger partial charge is 0.262 e. The topological polar surface area (TPSA) is 132 Å². The number of rotatable bonds is 16. The minimum Gasteiger partial charge on any atom is -0.360 e. The van der Waals surface area contributed by atoms with E-state index in [0.717, 1.165) is 66.6 Å². The van der Waals surface area contributed by atoms with Gasteiger partial charge in [0.05, 0.1) is 101 Å². The zero-order chi connectivity index (χ0) is 94.7. The van der Waals surface area contributed by atoms with Gasteiger partial charge in [0.2, 0.25) is 17.7 Å². The van der Waals surface area contributed by atoms with E-state index in [2.05, 4.69) is 31.7 Å². The molecule has 1 aliphatic carbocycles. The van der Waals surface area contributed by atoms with Crippen molar-refractivity contribution < 1.29 is 28.8 Å². The third kappa shape index (κ3) is 24.6. The first kappa shape index (κ1) is 100.0. The van der Waals surface area contributed by atoms with Gasteiger partial charge < -0.3 is 39.2 Å². The van der Waals surface area contributed by atoms with Crippen molar-refractivity contribution >= 4 is 244 Å². The normalized spacial score (nSPS) is 17.4. The van der Waals surface area contributed by atoms with Crippen molar-refractivity contribution in [3.8, 4) is 0 Å². The predicted molar refractivity (Wildman–Crippen MR) is 552 cm³/mol. The highest BCUT2D eigenvalue weighted by Crippen LogP contribution is 2.44. The fourth-order valence-corrected chi connectivity index (χ4v) is 21.3. The van der Waals surface area contributed by atoms with Crippen LogP contribution in [0.3, 0.4) is 0 Å². The Hall–Kier alpha value is -8.50. The summed E-state index contributed by atoms with van der Waals surface area (Å²) in [6.07, 6.45) is 6.93. The summed E-state index contributed by atoms with van der Waals surface area (Å²) in [5.74, 6) is -0.435. The van der Waals surface area contributed by atoms with Crippen molar-refractivity contribution in [2.24, 2.45) is 0 Å². The molecule has 4 unspecified atom stereocenters. The molecule has 5 aliphatic heterocycles. The number of fused-ring (bicyclic) bond motifs is 1. The van der Waals surface area contributed by atoms with Gasteiger partial charge in [0.1, 0.15) is 6.54 Å². The molecule has 134 heavy (non-hydrogen) atoms. The Morgan fingerprint density at radius 3 is 0.955 bits per heavy atom. The van der Waals surface area contributed by atoms with Gasteiger partial charge in [-0.25, -0.2) is 0 Å². The van der Waals surface area contributed by atoms with Gasteiger partial charge in [0.15, 0.2) is 0 Å². The van der Waals surface area contributed by atoms with E-state index >= 15 is 0 Å². The molecule has 692 valence electrons. The van der Waals surface area contributed by atoms with Crippen LogP contribution < -0.4 is 19.6 Å². The number of carbonyl (C=O) groups excluding carboxylic acids is 6. The van der Waals surface area contributed by atoms with Crippen molar-refractivity contribution in [2.45, 2.75) is 75.0 Å². The summed E-state index contributed by atoms with van der Waals surface area (Å²) in [4.78, 5) is 95.7. The third-order valence-electron chi connectivity index (χ3n) is 24.9. The number of hydrogen-bond donors (Lipinski definition) is 0. The van der Waals surface area contributed by atoms with Crippen LogP contribution in [0.25, 0.3) is 0 Å². The summed E-state index contributed by atoms with van der Waals surface area (Å²) < 4.78 is 0. The lowest BCUT2D eigenvalue weighted by atomic mass is 9.84. The summed E-state index contributed by atoms with van der Waals surface area (Å²) in [7, 11) is 0. The number of halogens is 16. The number of imide groups is 1. The minimum absolute atomic E-state index is 0.00930. The van der Waals surface area contributed by atoms with Crippen LogP contribution in [0.4, 0.5) is 22.7 Å². The first-order valence-electron chi connectivity index (χ1n) is 43.4. The lowest BCUT2D eigenvalue weighted by Gasteiger charge is -2.43. The Bertz CT molecular complexity index is 6250. The van der Waals surface area contributed by atoms with Crippen LogP contribution in [0.15, 0.2) is 255 Å². The van der Waals surface area contributed by atoms with Gasteiger partial charge in [-0.2, -0.15) is 0 Å². The van der Waals surface area contributed by atoms with Crippen LogP contribution in [-0.2, 0) is 27.2 Å². The van der Waals surface area contributed by atoms with Crippen molar-refractivity contribution in [3.63, 3.8) is 0 Å². The van der Waals surface area contributed by atoms with Crippen LogP contribution in [-0.4, -0.2) is 145 Å². The highest BCUT2D eigenvalue weighted by atomic mass is 35.5. The summed E-state index contributed by atoms with van der Waals surface area (Å²) in [5, 5.41) is 9.14. The van der Waals surface area contributed by atoms with E-state index in [-0.39, 0.29) is 67.2 Å². The lowest BCUT2D eigenvalue weighted by molar-refractivity contribution is -0.132. The fourth-order valence-electron chi connectivity index (χ4n) is 17.9. The van der Waals surface area contributed by atoms with Gasteiger partial charge in [0, 0.05) is 134 Å². The highest BCUT2D eigenvalue weighted by Gasteiger charge is 2.41. The largest absolute Gasteiger partial charge is 0.360 e. The molecular weight excluding hydrogens is 2030 g/mol. The molecule has 5 heterocycles. The number of benzene rings is 12. The van der Waals surface area contributed by atoms with Crippen LogP contribution >= 0.6 is 186 Å². The maximum absolute atomic E-state index is 13.5. The second-order valence-electron chi connectivity index (χ2n) is 33.2. The molecule has 0 spiro atoms. The molecule has 18 rings (SSSR count). The molecule has 31 heteroatoms. The van der Waals surface area contributed by atoms with Crippen LogP contribution in [0.1, 0.15) is 132 Å². The maximum Gasteiger partial charge on any atom is 0.262 e. The number of carbonyl (C=O) groups is 6. The van der Waals surface area contributed by atoms with E-state index in [9.17, 15) is 28.8 Å². The van der Waals surface area contributed by atoms with Gasteiger partial charge in [-0.15, -0.1) is 0 Å². The van der Waals surface area contributed by atoms with E-state index in [4.69, 9.17) is 186 Å². The molecule has 0 bridgehead atoms. The van der Waals surface area contributed by atoms with Crippen molar-refractivity contribution in [1.29, 1.82) is 0 Å². The van der Waals surface area contributed by atoms with Gasteiger partial charge in [0.25, 0.3) is 17.7 Å². The van der Waals surface area contributed by atoms with E-state index in [0.29, 0.717) is 176 Å². The second-order valence-corrected chi connectivity index (χ2v) is 40.0. The molecule has 12 aromatic rings. The molecule has 0 radical (unpaired) electrons. The molecule has 6 aliphatic rings. The molecule has 0 N–H and O–H groups in total. The zero-order valence-electron chi connectivity index (χ0n) is 71.8. The molecule has 1 saturated carbocycles. The SMILES string of the molecule is O=C(CN1C(=O)c2ccccc2C1=O)N1CCN(c2ccc(Cl)cc2Cl)C(c2ccc(Cl)cc2)C1.O=C(Cc1ccc(Cl)c(Cl)c1)N1CCN(c2ccc(Cl)cc2Cl)C(c2ccc(Cl)cc2)C1.O=C(Cc1ccc(Cl)cc1Cl)N1CCN(c2ccc(Cl)cc2Cl)C(c2ccc(Cl)cc2)C1.O=C(c1ccc(C2CCCCC2)cc1)N1CCN(c2ccc(Cl)cc2Cl)C(c2ccc(Cl)cc2)C1. The Kier molecular flexibility index (Phi) is 34.2. The van der Waals surface area contributed by atoms with Crippen LogP contribution in [0.5, 0.6) is 0 Å². The standard InChI is InChI=1S/C29H29Cl3N2O.C26H20Cl3N3O3.2C24H19Cl5N2O/c30-24-12-10-22(11-13-24)28-19-33(16-17-34(28)27-15-14-25(31)18-26(27)32)29(35)23-8-6-21(7-9-23)20-4-2-1-3-5-20;27-17-7-5-16(6-8-17)23-14-30(11-12-31(23)22-10-9-18(28)13-21(22)29)24(33)15-32-25(34)19-3-1-2-4-20(19)26(32)35;25-17-4-2-16(3-5-17)23-14-30(24(32)12-15-1-7-19(27)20(28)11-15)9-10-31(23)22-8-6-18(26)13-21(22)29;25-17-4-1-15(2-5-17)23-14-30(24(32)11-16-3-6-18(26)12-20(16)28)9-10-31(23)22-8-7-19(27)13-21(22)29/h6-15,18,20,28H,1-5,16-17,19H2;1-10,13,23H,11-12,14-15H2;1-8,11,13,23H,9-10,12,14H2;1-8,12-13,23H,9-11,14H2. The van der Waals surface area contributed by atoms with Crippen LogP contribution in [0.2, 0.25) is 80.4 Å². The molecule has 4 atom stereocenters. The van der Waals surface area contributed by atoms with Gasteiger partial charge in [-0.1, -0.05) is 290 Å². The summed E-state index contributed by atoms with van der Waals surface area (Å²) in [5.41, 5.74) is 12.0. The average Bonchev–Trinajstić information content (AvgIpc) is 1.48.